The lowest BCUT2D eigenvalue weighted by Crippen LogP contribution is -2.31. The molecule has 0 aliphatic carbocycles. The molecule has 0 saturated carbocycles. The molecule has 0 unspecified atom stereocenters. The maximum atomic E-state index is 12.3. The molecule has 94 valence electrons. The molecule has 1 amide bonds. The van der Waals surface area contributed by atoms with E-state index in [1.807, 2.05) is 23.3 Å². The van der Waals surface area contributed by atoms with Crippen LogP contribution in [0.15, 0.2) is 11.4 Å². The maximum Gasteiger partial charge on any atom is 0.264 e. The van der Waals surface area contributed by atoms with E-state index in [-0.39, 0.29) is 18.3 Å². The van der Waals surface area contributed by atoms with E-state index in [0.717, 1.165) is 36.6 Å². The molecule has 2 fully saturated rings. The van der Waals surface area contributed by atoms with E-state index in [1.165, 1.54) is 0 Å². The summed E-state index contributed by atoms with van der Waals surface area (Å²) < 4.78 is 0. The average molecular weight is 273 g/mol. The molecule has 0 aromatic carbocycles. The van der Waals surface area contributed by atoms with Crippen LogP contribution in [-0.4, -0.2) is 37.0 Å². The van der Waals surface area contributed by atoms with Crippen LogP contribution in [0.1, 0.15) is 15.2 Å². The monoisotopic (exact) mass is 272 g/mol. The lowest BCUT2D eigenvalue weighted by atomic mass is 10.0. The van der Waals surface area contributed by atoms with Crippen molar-refractivity contribution in [3.63, 3.8) is 0 Å². The molecular formula is C12H17ClN2OS. The highest BCUT2D eigenvalue weighted by molar-refractivity contribution is 7.12. The fourth-order valence-corrected chi connectivity index (χ4v) is 3.65. The summed E-state index contributed by atoms with van der Waals surface area (Å²) in [4.78, 5) is 15.2. The number of thiophene rings is 1. The van der Waals surface area contributed by atoms with Gasteiger partial charge in [-0.25, -0.2) is 0 Å². The van der Waals surface area contributed by atoms with Crippen molar-refractivity contribution in [2.45, 2.75) is 6.92 Å². The average Bonchev–Trinajstić information content (AvgIpc) is 2.89. The smallest absolute Gasteiger partial charge is 0.264 e. The molecule has 17 heavy (non-hydrogen) atoms. The second kappa shape index (κ2) is 4.96. The molecule has 0 bridgehead atoms. The minimum Gasteiger partial charge on any atom is -0.337 e. The molecule has 3 rings (SSSR count). The Balaban J connectivity index is 0.00000108. The first-order chi connectivity index (χ1) is 7.75. The van der Waals surface area contributed by atoms with E-state index in [2.05, 4.69) is 5.32 Å². The van der Waals surface area contributed by atoms with E-state index < -0.39 is 0 Å². The van der Waals surface area contributed by atoms with Gasteiger partial charge in [0.1, 0.15) is 0 Å². The van der Waals surface area contributed by atoms with Gasteiger partial charge >= 0.3 is 0 Å². The summed E-state index contributed by atoms with van der Waals surface area (Å²) in [5, 5.41) is 5.40. The number of hydrogen-bond donors (Lipinski definition) is 1. The summed E-state index contributed by atoms with van der Waals surface area (Å²) in [7, 11) is 0. The molecule has 1 aromatic heterocycles. The number of nitrogens with one attached hydrogen (secondary N) is 1. The van der Waals surface area contributed by atoms with E-state index >= 15 is 0 Å². The summed E-state index contributed by atoms with van der Waals surface area (Å²) in [5.74, 6) is 1.61. The van der Waals surface area contributed by atoms with Crippen molar-refractivity contribution >= 4 is 29.7 Å². The third kappa shape index (κ3) is 2.21. The molecule has 5 heteroatoms. The van der Waals surface area contributed by atoms with Crippen LogP contribution in [0.25, 0.3) is 0 Å². The Labute approximate surface area is 112 Å². The Hall–Kier alpha value is -0.580. The van der Waals surface area contributed by atoms with Gasteiger partial charge in [0.15, 0.2) is 0 Å². The summed E-state index contributed by atoms with van der Waals surface area (Å²) in [6, 6.07) is 2.02. The number of fused-ring (bicyclic) bond motifs is 1. The fraction of sp³-hybridized carbons (Fsp3) is 0.583. The van der Waals surface area contributed by atoms with Gasteiger partial charge in [0, 0.05) is 26.2 Å². The highest BCUT2D eigenvalue weighted by atomic mass is 35.5. The van der Waals surface area contributed by atoms with Crippen LogP contribution in [0, 0.1) is 18.8 Å². The van der Waals surface area contributed by atoms with Crippen LogP contribution in [-0.2, 0) is 0 Å². The minimum atomic E-state index is 0. The first-order valence-corrected chi connectivity index (χ1v) is 6.68. The topological polar surface area (TPSA) is 32.3 Å². The number of halogens is 1. The van der Waals surface area contributed by atoms with E-state index in [4.69, 9.17) is 0 Å². The van der Waals surface area contributed by atoms with Gasteiger partial charge in [-0.3, -0.25) is 4.79 Å². The Kier molecular flexibility index (Phi) is 3.76. The van der Waals surface area contributed by atoms with Crippen LogP contribution in [0.5, 0.6) is 0 Å². The van der Waals surface area contributed by atoms with E-state index in [0.29, 0.717) is 11.8 Å². The molecule has 2 aliphatic heterocycles. The summed E-state index contributed by atoms with van der Waals surface area (Å²) in [6.45, 7) is 6.06. The van der Waals surface area contributed by atoms with Crippen molar-refractivity contribution in [1.82, 2.24) is 10.2 Å². The number of nitrogens with zero attached hydrogens (tertiary/aromatic N) is 1. The Morgan fingerprint density at radius 3 is 2.59 bits per heavy atom. The number of aryl methyl sites for hydroxylation is 1. The lowest BCUT2D eigenvalue weighted by Gasteiger charge is -2.16. The van der Waals surface area contributed by atoms with Crippen molar-refractivity contribution in [3.05, 3.63) is 21.9 Å². The largest absolute Gasteiger partial charge is 0.337 e. The maximum absolute atomic E-state index is 12.3. The van der Waals surface area contributed by atoms with Crippen LogP contribution in [0.4, 0.5) is 0 Å². The number of hydrogen-bond acceptors (Lipinski definition) is 3. The zero-order valence-corrected chi connectivity index (χ0v) is 11.4. The van der Waals surface area contributed by atoms with Crippen molar-refractivity contribution in [3.8, 4) is 0 Å². The molecule has 2 aliphatic rings. The summed E-state index contributed by atoms with van der Waals surface area (Å²) >= 11 is 1.57. The third-order valence-corrected chi connectivity index (χ3v) is 4.74. The quantitative estimate of drug-likeness (QED) is 0.845. The number of rotatable bonds is 1. The Bertz CT molecular complexity index is 408. The molecule has 0 radical (unpaired) electrons. The fourth-order valence-electron chi connectivity index (χ4n) is 2.76. The van der Waals surface area contributed by atoms with Gasteiger partial charge in [-0.15, -0.1) is 23.7 Å². The molecule has 3 heterocycles. The van der Waals surface area contributed by atoms with Crippen molar-refractivity contribution in [2.75, 3.05) is 26.2 Å². The number of carbonyl (C=O) groups is 1. The summed E-state index contributed by atoms with van der Waals surface area (Å²) in [5.41, 5.74) is 1.12. The lowest BCUT2D eigenvalue weighted by molar-refractivity contribution is 0.0786. The van der Waals surface area contributed by atoms with Gasteiger partial charge in [-0.1, -0.05) is 0 Å². The molecule has 1 aromatic rings. The Morgan fingerprint density at radius 1 is 1.41 bits per heavy atom. The summed E-state index contributed by atoms with van der Waals surface area (Å²) in [6.07, 6.45) is 0. The molecule has 1 N–H and O–H groups in total. The standard InChI is InChI=1S/C12H16N2OS.ClH/c1-8-2-3-16-11(8)12(15)14-6-9-4-13-5-10(9)7-14;/h2-3,9-10,13H,4-7H2,1H3;1H/t9-,10+;. The van der Waals surface area contributed by atoms with Gasteiger partial charge in [0.05, 0.1) is 4.88 Å². The SMILES string of the molecule is Cc1ccsc1C(=O)N1C[C@H]2CNC[C@H]2C1.Cl. The zero-order valence-electron chi connectivity index (χ0n) is 9.81. The predicted molar refractivity (Wildman–Crippen MR) is 72.1 cm³/mol. The normalized spacial score (nSPS) is 26.8. The van der Waals surface area contributed by atoms with Crippen molar-refractivity contribution in [1.29, 1.82) is 0 Å². The zero-order chi connectivity index (χ0) is 11.1. The number of likely N-dealkylation sites (tertiary alicyclic amines) is 1. The first-order valence-electron chi connectivity index (χ1n) is 5.80. The van der Waals surface area contributed by atoms with Gasteiger partial charge in [0.2, 0.25) is 0 Å². The molecule has 2 saturated heterocycles. The van der Waals surface area contributed by atoms with Crippen LogP contribution < -0.4 is 5.32 Å². The van der Waals surface area contributed by atoms with Crippen molar-refractivity contribution in [2.24, 2.45) is 11.8 Å². The van der Waals surface area contributed by atoms with E-state index in [1.54, 1.807) is 11.3 Å². The van der Waals surface area contributed by atoms with E-state index in [9.17, 15) is 4.79 Å². The number of carbonyl (C=O) groups excluding carboxylic acids is 1. The van der Waals surface area contributed by atoms with Crippen LogP contribution in [0.3, 0.4) is 0 Å². The van der Waals surface area contributed by atoms with Crippen molar-refractivity contribution < 1.29 is 4.79 Å². The van der Waals surface area contributed by atoms with Gasteiger partial charge < -0.3 is 10.2 Å². The van der Waals surface area contributed by atoms with Gasteiger partial charge in [-0.2, -0.15) is 0 Å². The predicted octanol–water partition coefficient (Wildman–Crippen LogP) is 1.77. The van der Waals surface area contributed by atoms with Gasteiger partial charge in [0.25, 0.3) is 5.91 Å². The minimum absolute atomic E-state index is 0. The second-order valence-electron chi connectivity index (χ2n) is 4.82. The third-order valence-electron chi connectivity index (χ3n) is 3.73. The Morgan fingerprint density at radius 2 is 2.06 bits per heavy atom. The van der Waals surface area contributed by atoms with Gasteiger partial charge in [-0.05, 0) is 35.8 Å². The molecular weight excluding hydrogens is 256 g/mol. The number of amides is 1. The highest BCUT2D eigenvalue weighted by Gasteiger charge is 2.38. The molecule has 3 nitrogen and oxygen atoms in total. The van der Waals surface area contributed by atoms with Crippen LogP contribution >= 0.6 is 23.7 Å². The first kappa shape index (κ1) is 12.9. The van der Waals surface area contributed by atoms with Crippen LogP contribution in [0.2, 0.25) is 0 Å². The second-order valence-corrected chi connectivity index (χ2v) is 5.74. The molecule has 0 spiro atoms. The molecule has 2 atom stereocenters. The highest BCUT2D eigenvalue weighted by Crippen LogP contribution is 2.29.